The molecule has 2 aromatic heterocycles. The fraction of sp³-hybridized carbons (Fsp3) is 0.409. The minimum absolute atomic E-state index is 0.251. The van der Waals surface area contributed by atoms with Gasteiger partial charge in [0.25, 0.3) is 0 Å². The van der Waals surface area contributed by atoms with E-state index in [0.717, 1.165) is 10.9 Å². The summed E-state index contributed by atoms with van der Waals surface area (Å²) in [6.45, 7) is 3.17. The number of aromatic amines is 1. The van der Waals surface area contributed by atoms with E-state index in [1.165, 1.54) is 26.0 Å². The first kappa shape index (κ1) is 21.6. The number of nitrogens with zero attached hydrogens (tertiary/aromatic N) is 1. The summed E-state index contributed by atoms with van der Waals surface area (Å²) in [6.07, 6.45) is -2.03. The van der Waals surface area contributed by atoms with Crippen molar-refractivity contribution in [2.45, 2.75) is 50.6 Å². The molecular weight excluding hydrogens is 414 g/mol. The summed E-state index contributed by atoms with van der Waals surface area (Å²) in [5.41, 5.74) is -2.31. The summed E-state index contributed by atoms with van der Waals surface area (Å²) in [5.74, 6) is -0.137. The molecule has 0 spiro atoms. The third kappa shape index (κ3) is 4.12. The number of aromatic nitrogens is 2. The fourth-order valence-corrected chi connectivity index (χ4v) is 4.14. The van der Waals surface area contributed by atoms with Crippen molar-refractivity contribution in [3.8, 4) is 5.75 Å². The Kier molecular flexibility index (Phi) is 5.21. The molecule has 1 aromatic carbocycles. The van der Waals surface area contributed by atoms with Crippen LogP contribution in [0.4, 0.5) is 17.6 Å². The van der Waals surface area contributed by atoms with E-state index < -0.39 is 29.6 Å². The van der Waals surface area contributed by atoms with Crippen LogP contribution in [0.2, 0.25) is 0 Å². The van der Waals surface area contributed by atoms with E-state index >= 15 is 0 Å². The third-order valence-corrected chi connectivity index (χ3v) is 5.69. The maximum Gasteiger partial charge on any atom is 0.431 e. The number of pyridine rings is 1. The highest BCUT2D eigenvalue weighted by molar-refractivity contribution is 5.79. The van der Waals surface area contributed by atoms with Crippen molar-refractivity contribution < 1.29 is 27.4 Å². The van der Waals surface area contributed by atoms with Crippen LogP contribution >= 0.6 is 0 Å². The molecule has 3 N–H and O–H groups in total. The Bertz CT molecular complexity index is 1080. The third-order valence-electron chi connectivity index (χ3n) is 5.69. The Morgan fingerprint density at radius 1 is 1.23 bits per heavy atom. The molecule has 1 unspecified atom stereocenters. The van der Waals surface area contributed by atoms with Crippen LogP contribution in [0.5, 0.6) is 5.75 Å². The lowest BCUT2D eigenvalue weighted by atomic mass is 9.76. The van der Waals surface area contributed by atoms with Crippen LogP contribution in [0, 0.1) is 5.82 Å². The molecule has 166 valence electrons. The van der Waals surface area contributed by atoms with E-state index in [2.05, 4.69) is 15.3 Å². The van der Waals surface area contributed by atoms with Crippen LogP contribution in [-0.2, 0) is 18.4 Å². The van der Waals surface area contributed by atoms with Gasteiger partial charge < -0.3 is 14.8 Å². The number of aliphatic hydroxyl groups is 1. The van der Waals surface area contributed by atoms with Gasteiger partial charge in [0.2, 0.25) is 5.72 Å². The Morgan fingerprint density at radius 3 is 2.71 bits per heavy atom. The first-order valence-corrected chi connectivity index (χ1v) is 9.90. The molecule has 4 rings (SSSR count). The van der Waals surface area contributed by atoms with Crippen molar-refractivity contribution in [2.75, 3.05) is 6.61 Å². The second kappa shape index (κ2) is 7.49. The van der Waals surface area contributed by atoms with E-state index in [-0.39, 0.29) is 6.54 Å². The molecule has 9 heteroatoms. The monoisotopic (exact) mass is 437 g/mol. The van der Waals surface area contributed by atoms with Gasteiger partial charge in [-0.25, -0.2) is 4.39 Å². The summed E-state index contributed by atoms with van der Waals surface area (Å²) in [7, 11) is 0. The molecule has 0 aliphatic carbocycles. The number of halogens is 4. The summed E-state index contributed by atoms with van der Waals surface area (Å²) in [5, 5.41) is 13.7. The number of benzene rings is 1. The van der Waals surface area contributed by atoms with Crippen molar-refractivity contribution in [3.63, 3.8) is 0 Å². The van der Waals surface area contributed by atoms with Crippen LogP contribution in [0.1, 0.15) is 37.1 Å². The predicted molar refractivity (Wildman–Crippen MR) is 107 cm³/mol. The lowest BCUT2D eigenvalue weighted by Gasteiger charge is -2.38. The Balaban J connectivity index is 1.61. The summed E-state index contributed by atoms with van der Waals surface area (Å²) in [4.78, 5) is 6.98. The number of ether oxygens (including phenoxy) is 1. The van der Waals surface area contributed by atoms with Crippen LogP contribution < -0.4 is 10.1 Å². The first-order chi connectivity index (χ1) is 14.5. The zero-order valence-electron chi connectivity index (χ0n) is 17.1. The zero-order chi connectivity index (χ0) is 22.4. The molecule has 1 aliphatic heterocycles. The molecular formula is C22H23F4N3O2. The number of rotatable bonds is 6. The van der Waals surface area contributed by atoms with E-state index in [9.17, 15) is 22.7 Å². The van der Waals surface area contributed by atoms with Crippen molar-refractivity contribution in [1.82, 2.24) is 15.3 Å². The van der Waals surface area contributed by atoms with Crippen LogP contribution in [0.3, 0.4) is 0 Å². The van der Waals surface area contributed by atoms with Gasteiger partial charge in [-0.3, -0.25) is 10.3 Å². The minimum Gasteiger partial charge on any atom is -0.493 e. The van der Waals surface area contributed by atoms with Gasteiger partial charge in [0.05, 0.1) is 6.61 Å². The highest BCUT2D eigenvalue weighted by atomic mass is 19.4. The molecule has 3 heterocycles. The van der Waals surface area contributed by atoms with Crippen molar-refractivity contribution in [1.29, 1.82) is 0 Å². The van der Waals surface area contributed by atoms with Crippen molar-refractivity contribution >= 4 is 10.9 Å². The Labute approximate surface area is 176 Å². The van der Waals surface area contributed by atoms with Crippen LogP contribution in [-0.4, -0.2) is 33.6 Å². The van der Waals surface area contributed by atoms with Gasteiger partial charge in [-0.1, -0.05) is 13.8 Å². The molecule has 0 saturated heterocycles. The first-order valence-electron chi connectivity index (χ1n) is 9.90. The second-order valence-electron chi connectivity index (χ2n) is 8.57. The average Bonchev–Trinajstić information content (AvgIpc) is 3.30. The zero-order valence-corrected chi connectivity index (χ0v) is 17.1. The van der Waals surface area contributed by atoms with E-state index in [0.29, 0.717) is 35.6 Å². The number of H-pyrrole nitrogens is 1. The molecule has 0 amide bonds. The Hall–Kier alpha value is -2.65. The fourth-order valence-electron chi connectivity index (χ4n) is 4.14. The van der Waals surface area contributed by atoms with Crippen molar-refractivity contribution in [2.24, 2.45) is 0 Å². The lowest BCUT2D eigenvalue weighted by Crippen LogP contribution is -2.59. The van der Waals surface area contributed by atoms with Crippen molar-refractivity contribution in [3.05, 3.63) is 59.3 Å². The van der Waals surface area contributed by atoms with Gasteiger partial charge in [0.1, 0.15) is 11.6 Å². The highest BCUT2D eigenvalue weighted by Crippen LogP contribution is 2.45. The number of hydrogen-bond donors (Lipinski definition) is 3. The SMILES string of the molecule is CC(C)(CC(O)(NCc1cc2cnccc2[nH]1)C(F)(F)F)c1cc(F)cc2c1OCC2. The lowest BCUT2D eigenvalue weighted by molar-refractivity contribution is -0.280. The number of nitrogens with one attached hydrogen (secondary N) is 2. The largest absolute Gasteiger partial charge is 0.493 e. The number of alkyl halides is 3. The molecule has 1 aliphatic rings. The molecule has 0 radical (unpaired) electrons. The Morgan fingerprint density at radius 2 is 2.00 bits per heavy atom. The smallest absolute Gasteiger partial charge is 0.431 e. The summed E-state index contributed by atoms with van der Waals surface area (Å²) < 4.78 is 61.6. The van der Waals surface area contributed by atoms with Gasteiger partial charge in [0.15, 0.2) is 0 Å². The number of fused-ring (bicyclic) bond motifs is 2. The molecule has 0 saturated carbocycles. The van der Waals surface area contributed by atoms with Gasteiger partial charge in [-0.15, -0.1) is 0 Å². The average molecular weight is 437 g/mol. The number of hydrogen-bond acceptors (Lipinski definition) is 4. The molecule has 0 bridgehead atoms. The van der Waals surface area contributed by atoms with Gasteiger partial charge in [-0.05, 0) is 29.7 Å². The molecule has 5 nitrogen and oxygen atoms in total. The maximum atomic E-state index is 14.1. The summed E-state index contributed by atoms with van der Waals surface area (Å²) in [6, 6.07) is 5.90. The van der Waals surface area contributed by atoms with E-state index in [4.69, 9.17) is 4.74 Å². The topological polar surface area (TPSA) is 70.2 Å². The summed E-state index contributed by atoms with van der Waals surface area (Å²) >= 11 is 0. The minimum atomic E-state index is -4.96. The second-order valence-corrected chi connectivity index (χ2v) is 8.57. The van der Waals surface area contributed by atoms with Gasteiger partial charge in [-0.2, -0.15) is 13.2 Å². The predicted octanol–water partition coefficient (Wildman–Crippen LogP) is 4.35. The van der Waals surface area contributed by atoms with Crippen LogP contribution in [0.25, 0.3) is 10.9 Å². The maximum absolute atomic E-state index is 14.1. The molecule has 31 heavy (non-hydrogen) atoms. The molecule has 3 aromatic rings. The normalized spacial score (nSPS) is 16.2. The van der Waals surface area contributed by atoms with E-state index in [1.54, 1.807) is 24.5 Å². The molecule has 0 fully saturated rings. The standard InChI is InChI=1S/C22H23F4N3O2/c1-20(2,17-9-15(23)7-13-4-6-31-19(13)17)12-21(30,22(24,25)26)28-11-16-8-14-10-27-5-3-18(14)29-16/h3,5,7-10,28-30H,4,6,11-12H2,1-2H3. The molecule has 1 atom stereocenters. The van der Waals surface area contributed by atoms with Crippen LogP contribution in [0.15, 0.2) is 36.7 Å². The highest BCUT2D eigenvalue weighted by Gasteiger charge is 2.56. The van der Waals surface area contributed by atoms with Gasteiger partial charge in [0, 0.05) is 59.5 Å². The quantitative estimate of drug-likeness (QED) is 0.396. The van der Waals surface area contributed by atoms with Gasteiger partial charge >= 0.3 is 6.18 Å². The van der Waals surface area contributed by atoms with E-state index in [1.807, 2.05) is 0 Å².